The van der Waals surface area contributed by atoms with Gasteiger partial charge in [0.05, 0.1) is 12.7 Å². The summed E-state index contributed by atoms with van der Waals surface area (Å²) in [6, 6.07) is -1.26. The predicted molar refractivity (Wildman–Crippen MR) is 93.9 cm³/mol. The van der Waals surface area contributed by atoms with Crippen LogP contribution in [-0.2, 0) is 19.1 Å². The van der Waals surface area contributed by atoms with E-state index >= 15 is 0 Å². The van der Waals surface area contributed by atoms with Gasteiger partial charge in [0, 0.05) is 18.2 Å². The van der Waals surface area contributed by atoms with Crippen LogP contribution in [0, 0.1) is 6.92 Å². The molecular weight excluding hydrogens is 394 g/mol. The number of hydrogen-bond acceptors (Lipinski definition) is 9. The Morgan fingerprint density at radius 1 is 1.55 bits per heavy atom. The average Bonchev–Trinajstić information content (AvgIpc) is 3.03. The Morgan fingerprint density at radius 3 is 2.72 bits per heavy atom. The third-order valence-corrected chi connectivity index (χ3v) is 3.73. The Morgan fingerprint density at radius 2 is 2.21 bits per heavy atom. The van der Waals surface area contributed by atoms with Gasteiger partial charge in [0.1, 0.15) is 25.0 Å². The zero-order valence-corrected chi connectivity index (χ0v) is 15.3. The normalized spacial score (nSPS) is 21.3. The molecule has 14 nitrogen and oxygen atoms in total. The van der Waals surface area contributed by atoms with E-state index in [0.29, 0.717) is 11.8 Å². The highest BCUT2D eigenvalue weighted by Crippen LogP contribution is 2.27. The van der Waals surface area contributed by atoms with Crippen molar-refractivity contribution in [3.05, 3.63) is 38.1 Å². The first-order chi connectivity index (χ1) is 13.6. The Kier molecular flexibility index (Phi) is 9.05. The number of carboxylic acids is 1. The first-order valence-electron chi connectivity index (χ1n) is 8.19. The number of aliphatic hydroxyl groups excluding tert-OH is 2. The number of aliphatic carboxylic acids is 1. The summed E-state index contributed by atoms with van der Waals surface area (Å²) in [7, 11) is 0. The van der Waals surface area contributed by atoms with Gasteiger partial charge in [0.25, 0.3) is 5.56 Å². The number of aryl methyl sites for hydroxylation is 1. The molecule has 0 aliphatic carbocycles. The van der Waals surface area contributed by atoms with Gasteiger partial charge in [-0.3, -0.25) is 19.1 Å². The summed E-state index contributed by atoms with van der Waals surface area (Å²) in [5, 5.41) is 26.7. The van der Waals surface area contributed by atoms with E-state index in [4.69, 9.17) is 26.2 Å². The van der Waals surface area contributed by atoms with Crippen molar-refractivity contribution < 1.29 is 39.2 Å². The molecule has 4 atom stereocenters. The number of aliphatic hydroxyl groups is 2. The minimum Gasteiger partial charge on any atom is -0.480 e. The number of carboxylic acid groups (broad SMARTS) is 1. The van der Waals surface area contributed by atoms with E-state index in [-0.39, 0.29) is 13.0 Å². The summed E-state index contributed by atoms with van der Waals surface area (Å²) in [5.74, 6) is -2.22. The first-order valence-corrected chi connectivity index (χ1v) is 8.19. The molecule has 0 unspecified atom stereocenters. The van der Waals surface area contributed by atoms with Gasteiger partial charge in [-0.1, -0.05) is 0 Å². The lowest BCUT2D eigenvalue weighted by Crippen LogP contribution is -2.35. The van der Waals surface area contributed by atoms with Crippen molar-refractivity contribution in [2.45, 2.75) is 37.8 Å². The zero-order valence-electron chi connectivity index (χ0n) is 15.3. The molecule has 6 N–H and O–H groups in total. The Bertz CT molecular complexity index is 889. The number of nitrogens with one attached hydrogen (secondary N) is 1. The van der Waals surface area contributed by atoms with Gasteiger partial charge in [-0.15, -0.1) is 0 Å². The van der Waals surface area contributed by atoms with Crippen LogP contribution < -0.4 is 17.0 Å². The molecule has 14 heteroatoms. The van der Waals surface area contributed by atoms with Crippen LogP contribution in [0.5, 0.6) is 0 Å². The number of nitrogens with zero attached hydrogens (tertiary/aromatic N) is 3. The molecule has 0 bridgehead atoms. The van der Waals surface area contributed by atoms with E-state index in [1.54, 1.807) is 6.92 Å². The van der Waals surface area contributed by atoms with Crippen LogP contribution in [0.4, 0.5) is 0 Å². The lowest BCUT2D eigenvalue weighted by molar-refractivity contribution is -0.144. The summed E-state index contributed by atoms with van der Waals surface area (Å²) < 4.78 is 10.8. The van der Waals surface area contributed by atoms with Crippen LogP contribution in [0.1, 0.15) is 18.2 Å². The molecule has 160 valence electrons. The van der Waals surface area contributed by atoms with Crippen LogP contribution >= 0.6 is 0 Å². The second kappa shape index (κ2) is 11.0. The fourth-order valence-corrected chi connectivity index (χ4v) is 2.18. The number of aromatic nitrogens is 2. The molecule has 2 rings (SSSR count). The molecule has 0 amide bonds. The molecule has 29 heavy (non-hydrogen) atoms. The number of aromatic amines is 1. The van der Waals surface area contributed by atoms with E-state index in [2.05, 4.69) is 14.5 Å². The monoisotopic (exact) mass is 415 g/mol. The number of esters is 1. The molecule has 0 saturated carbocycles. The third-order valence-electron chi connectivity index (χ3n) is 3.73. The van der Waals surface area contributed by atoms with Gasteiger partial charge in [0.2, 0.25) is 0 Å². The number of ether oxygens (including phenoxy) is 2. The highest BCUT2D eigenvalue weighted by Gasteiger charge is 2.34. The molecule has 1 saturated heterocycles. The standard InChI is InChI=1S/C10H14N2O5.C5H7N3O4/c1-5-3-12(10(16)11-9(5)15)8-2-6(14)7(4-13)17-8;6-3(5(10)11)2-12-4(9)1-8-7/h3,6-8,13-14H,2,4H2,1H3,(H,11,15,16);1,3H,2,6H2,(H,10,11)/t6-,7+,8+;3-/m00/s1. The van der Waals surface area contributed by atoms with Gasteiger partial charge < -0.3 is 36.1 Å². The summed E-state index contributed by atoms with van der Waals surface area (Å²) in [6.07, 6.45) is -0.0859. The van der Waals surface area contributed by atoms with Gasteiger partial charge in [-0.2, -0.15) is 4.79 Å². The van der Waals surface area contributed by atoms with E-state index in [0.717, 1.165) is 0 Å². The highest BCUT2D eigenvalue weighted by molar-refractivity contribution is 6.20. The first kappa shape index (κ1) is 23.9. The summed E-state index contributed by atoms with van der Waals surface area (Å²) in [4.78, 5) is 47.7. The topological polar surface area (TPSA) is 231 Å². The molecule has 0 spiro atoms. The van der Waals surface area contributed by atoms with E-state index in [1.807, 2.05) is 0 Å². The van der Waals surface area contributed by atoms with Crippen molar-refractivity contribution in [1.82, 2.24) is 9.55 Å². The van der Waals surface area contributed by atoms with Crippen LogP contribution in [0.15, 0.2) is 15.8 Å². The van der Waals surface area contributed by atoms with Crippen LogP contribution in [-0.4, -0.2) is 79.3 Å². The van der Waals surface area contributed by atoms with Crippen LogP contribution in [0.3, 0.4) is 0 Å². The minimum absolute atomic E-state index is 0.205. The average molecular weight is 415 g/mol. The number of hydrogen-bond donors (Lipinski definition) is 5. The van der Waals surface area contributed by atoms with Gasteiger partial charge >= 0.3 is 23.8 Å². The summed E-state index contributed by atoms with van der Waals surface area (Å²) >= 11 is 0. The number of carbonyl (C=O) groups excluding carboxylic acids is 1. The zero-order chi connectivity index (χ0) is 22.1. The van der Waals surface area contributed by atoms with Crippen molar-refractivity contribution in [3.8, 4) is 0 Å². The maximum Gasteiger partial charge on any atom is 0.413 e. The third kappa shape index (κ3) is 7.06. The molecule has 1 aromatic heterocycles. The summed E-state index contributed by atoms with van der Waals surface area (Å²) in [6.45, 7) is 0.804. The van der Waals surface area contributed by atoms with Gasteiger partial charge in [-0.05, 0) is 6.92 Å². The number of nitrogens with two attached hydrogens (primary N) is 1. The van der Waals surface area contributed by atoms with Crippen molar-refractivity contribution in [2.75, 3.05) is 13.2 Å². The number of H-pyrrole nitrogens is 1. The minimum atomic E-state index is -1.27. The van der Waals surface area contributed by atoms with E-state index in [9.17, 15) is 24.3 Å². The Hall–Kier alpha value is -3.16. The second-order valence-corrected chi connectivity index (χ2v) is 5.91. The summed E-state index contributed by atoms with van der Waals surface area (Å²) in [5.41, 5.74) is 12.2. The molecule has 1 aromatic rings. The van der Waals surface area contributed by atoms with Crippen molar-refractivity contribution >= 4 is 18.2 Å². The van der Waals surface area contributed by atoms with E-state index < -0.39 is 54.3 Å². The maximum atomic E-state index is 11.6. The van der Waals surface area contributed by atoms with Crippen molar-refractivity contribution in [2.24, 2.45) is 5.73 Å². The molecule has 1 fully saturated rings. The van der Waals surface area contributed by atoms with Crippen molar-refractivity contribution in [1.29, 1.82) is 0 Å². The Labute approximate surface area is 162 Å². The molecule has 1 aliphatic heterocycles. The smallest absolute Gasteiger partial charge is 0.413 e. The molecule has 0 aromatic carbocycles. The van der Waals surface area contributed by atoms with E-state index in [1.165, 1.54) is 10.8 Å². The second-order valence-electron chi connectivity index (χ2n) is 5.91. The fourth-order valence-electron chi connectivity index (χ4n) is 2.18. The van der Waals surface area contributed by atoms with Crippen LogP contribution in [0.2, 0.25) is 0 Å². The number of carbonyl (C=O) groups is 2. The molecule has 1 aliphatic rings. The van der Waals surface area contributed by atoms with Gasteiger partial charge in [0.15, 0.2) is 0 Å². The Balaban J connectivity index is 0.000000311. The van der Waals surface area contributed by atoms with Crippen molar-refractivity contribution in [3.63, 3.8) is 0 Å². The van der Waals surface area contributed by atoms with Crippen LogP contribution in [0.25, 0.3) is 5.53 Å². The molecule has 0 radical (unpaired) electrons. The molecular formula is C15H21N5O9. The predicted octanol–water partition coefficient (Wildman–Crippen LogP) is -3.27. The SMILES string of the molecule is Cc1cn([C@H]2C[C@H](O)[C@@H](CO)O2)c(=O)[nH]c1=O.[N-]=[N+]=CC(=O)OC[C@H](N)C(=O)O. The van der Waals surface area contributed by atoms with Gasteiger partial charge in [-0.25, -0.2) is 9.59 Å². The highest BCUT2D eigenvalue weighted by atomic mass is 16.5. The fraction of sp³-hybridized carbons (Fsp3) is 0.533. The molecule has 2 heterocycles. The number of rotatable bonds is 6. The maximum absolute atomic E-state index is 11.6. The largest absolute Gasteiger partial charge is 0.480 e. The lowest BCUT2D eigenvalue weighted by atomic mass is 10.2. The quantitative estimate of drug-likeness (QED) is 0.135. The lowest BCUT2D eigenvalue weighted by Gasteiger charge is -2.14.